The first-order valence-corrected chi connectivity index (χ1v) is 14.6. The second kappa shape index (κ2) is 11.0. The number of hydrogen-bond acceptors (Lipinski definition) is 6. The molecule has 0 N–H and O–H groups in total. The fourth-order valence-corrected chi connectivity index (χ4v) is 4.83. The molecular weight excluding hydrogens is 422 g/mol. The van der Waals surface area contributed by atoms with Crippen LogP contribution >= 0.6 is 15.2 Å². The molecule has 2 rings (SSSR count). The number of unbranched alkanes of at least 4 members (excludes halogenated alkanes) is 2. The zero-order valence-electron chi connectivity index (χ0n) is 19.1. The number of benzene rings is 1. The van der Waals surface area contributed by atoms with Gasteiger partial charge in [0.25, 0.3) is 0 Å². The van der Waals surface area contributed by atoms with E-state index in [4.69, 9.17) is 18.1 Å². The first kappa shape index (κ1) is 25.2. The number of aryl methyl sites for hydroxylation is 1. The monoisotopic (exact) mass is 458 g/mol. The van der Waals surface area contributed by atoms with Gasteiger partial charge in [0.1, 0.15) is 11.5 Å². The highest BCUT2D eigenvalue weighted by Crippen LogP contribution is 2.53. The molecule has 0 heterocycles. The van der Waals surface area contributed by atoms with Crippen LogP contribution in [-0.4, -0.2) is 27.5 Å². The van der Waals surface area contributed by atoms with Gasteiger partial charge in [-0.15, -0.1) is 0 Å². The third kappa shape index (κ3) is 7.27. The van der Waals surface area contributed by atoms with Gasteiger partial charge in [-0.1, -0.05) is 31.4 Å². The summed E-state index contributed by atoms with van der Waals surface area (Å²) in [5, 5.41) is 0. The zero-order valence-corrected chi connectivity index (χ0v) is 20.9. The standard InChI is InChI=1S/C22H36O6P2/c1-7-8-9-12-18-15-20(27-29(5,23)25-3)22(19-13-10-11-17(2)14-19)21(16-18)28-30(6,24)26-4/h14-16,19H,7-13H2,1-6H3. The van der Waals surface area contributed by atoms with Gasteiger partial charge in [0.15, 0.2) is 0 Å². The Labute approximate surface area is 181 Å². The van der Waals surface area contributed by atoms with E-state index in [0.29, 0.717) is 11.5 Å². The van der Waals surface area contributed by atoms with Gasteiger partial charge >= 0.3 is 15.2 Å². The molecule has 1 aromatic rings. The minimum Gasteiger partial charge on any atom is -0.424 e. The predicted octanol–water partition coefficient (Wildman–Crippen LogP) is 7.33. The molecule has 0 bridgehead atoms. The summed E-state index contributed by atoms with van der Waals surface area (Å²) < 4.78 is 47.4. The van der Waals surface area contributed by atoms with E-state index in [-0.39, 0.29) is 5.92 Å². The fourth-order valence-electron chi connectivity index (χ4n) is 3.67. The van der Waals surface area contributed by atoms with Crippen molar-refractivity contribution in [2.45, 2.75) is 64.7 Å². The lowest BCUT2D eigenvalue weighted by Crippen LogP contribution is -2.09. The molecule has 1 aliphatic rings. The number of hydrogen-bond donors (Lipinski definition) is 0. The average Bonchev–Trinajstić information content (AvgIpc) is 2.67. The fraction of sp³-hybridized carbons (Fsp3) is 0.636. The van der Waals surface area contributed by atoms with E-state index in [2.05, 4.69) is 19.9 Å². The predicted molar refractivity (Wildman–Crippen MR) is 122 cm³/mol. The molecule has 6 nitrogen and oxygen atoms in total. The summed E-state index contributed by atoms with van der Waals surface area (Å²) >= 11 is 0. The Hall–Kier alpha value is -1.06. The van der Waals surface area contributed by atoms with Crippen LogP contribution in [0.1, 0.15) is 69.4 Å². The molecule has 8 heteroatoms. The SMILES string of the molecule is CCCCCc1cc(OP(C)(=O)OC)c(C2C=C(C)CCC2)c(OP(C)(=O)OC)c1. The van der Waals surface area contributed by atoms with Crippen molar-refractivity contribution in [1.29, 1.82) is 0 Å². The van der Waals surface area contributed by atoms with E-state index in [9.17, 15) is 9.13 Å². The Kier molecular flexibility index (Phi) is 9.24. The maximum Gasteiger partial charge on any atom is 0.375 e. The van der Waals surface area contributed by atoms with Crippen molar-refractivity contribution in [3.05, 3.63) is 34.9 Å². The average molecular weight is 458 g/mol. The largest absolute Gasteiger partial charge is 0.424 e. The van der Waals surface area contributed by atoms with Crippen LogP contribution in [0.25, 0.3) is 0 Å². The second-order valence-electron chi connectivity index (χ2n) is 8.06. The van der Waals surface area contributed by atoms with E-state index in [1.54, 1.807) is 0 Å². The quantitative estimate of drug-likeness (QED) is 0.196. The Balaban J connectivity index is 2.63. The van der Waals surface area contributed by atoms with Crippen molar-refractivity contribution in [2.24, 2.45) is 0 Å². The molecule has 0 radical (unpaired) electrons. The Morgan fingerprint density at radius 3 is 2.03 bits per heavy atom. The molecule has 1 aliphatic carbocycles. The first-order valence-electron chi connectivity index (χ1n) is 10.6. The van der Waals surface area contributed by atoms with Gasteiger partial charge in [-0.3, -0.25) is 0 Å². The van der Waals surface area contributed by atoms with Gasteiger partial charge in [-0.25, -0.2) is 9.13 Å². The van der Waals surface area contributed by atoms with Crippen LogP contribution in [0.2, 0.25) is 0 Å². The molecule has 0 amide bonds. The molecule has 0 fully saturated rings. The van der Waals surface area contributed by atoms with E-state index in [0.717, 1.165) is 56.1 Å². The summed E-state index contributed by atoms with van der Waals surface area (Å²) in [4.78, 5) is 0. The third-order valence-electron chi connectivity index (χ3n) is 5.37. The molecule has 0 aromatic heterocycles. The van der Waals surface area contributed by atoms with Gasteiger partial charge < -0.3 is 18.1 Å². The van der Waals surface area contributed by atoms with Crippen LogP contribution in [0.4, 0.5) is 0 Å². The maximum atomic E-state index is 12.7. The molecule has 30 heavy (non-hydrogen) atoms. The molecular formula is C22H36O6P2. The molecule has 3 unspecified atom stereocenters. The van der Waals surface area contributed by atoms with Crippen molar-refractivity contribution in [2.75, 3.05) is 27.5 Å². The van der Waals surface area contributed by atoms with Gasteiger partial charge in [-0.2, -0.15) is 0 Å². The number of rotatable bonds is 11. The lowest BCUT2D eigenvalue weighted by atomic mass is 9.84. The summed E-state index contributed by atoms with van der Waals surface area (Å²) in [5.41, 5.74) is 3.03. The molecule has 1 aromatic carbocycles. The van der Waals surface area contributed by atoms with Crippen molar-refractivity contribution in [1.82, 2.24) is 0 Å². The molecule has 0 aliphatic heterocycles. The molecule has 0 spiro atoms. The third-order valence-corrected chi connectivity index (χ3v) is 7.75. The Bertz CT molecular complexity index is 801. The minimum absolute atomic E-state index is 0.0159. The maximum absolute atomic E-state index is 12.7. The normalized spacial score (nSPS) is 20.7. The van der Waals surface area contributed by atoms with Gasteiger partial charge in [-0.05, 0) is 56.7 Å². The summed E-state index contributed by atoms with van der Waals surface area (Å²) in [6.07, 6.45) is 9.23. The lowest BCUT2D eigenvalue weighted by Gasteiger charge is -2.27. The van der Waals surface area contributed by atoms with Gasteiger partial charge in [0.2, 0.25) is 0 Å². The van der Waals surface area contributed by atoms with E-state index in [1.807, 2.05) is 12.1 Å². The summed E-state index contributed by atoms with van der Waals surface area (Å²) in [6.45, 7) is 7.15. The number of allylic oxidation sites excluding steroid dienone is 2. The van der Waals surface area contributed by atoms with Crippen molar-refractivity contribution in [3.8, 4) is 11.5 Å². The second-order valence-corrected chi connectivity index (χ2v) is 12.2. The highest BCUT2D eigenvalue weighted by molar-refractivity contribution is 7.53. The molecule has 0 saturated carbocycles. The van der Waals surface area contributed by atoms with Crippen LogP contribution in [-0.2, 0) is 24.6 Å². The van der Waals surface area contributed by atoms with Crippen LogP contribution in [0, 0.1) is 0 Å². The summed E-state index contributed by atoms with van der Waals surface area (Å²) in [5.74, 6) is 0.958. The van der Waals surface area contributed by atoms with Crippen LogP contribution in [0.3, 0.4) is 0 Å². The van der Waals surface area contributed by atoms with E-state index < -0.39 is 15.2 Å². The minimum atomic E-state index is -3.29. The van der Waals surface area contributed by atoms with Crippen LogP contribution in [0.15, 0.2) is 23.8 Å². The highest BCUT2D eigenvalue weighted by Gasteiger charge is 2.29. The lowest BCUT2D eigenvalue weighted by molar-refractivity contribution is 0.321. The molecule has 170 valence electrons. The van der Waals surface area contributed by atoms with Crippen LogP contribution in [0.5, 0.6) is 11.5 Å². The van der Waals surface area contributed by atoms with Gasteiger partial charge in [0.05, 0.1) is 0 Å². The van der Waals surface area contributed by atoms with Crippen molar-refractivity contribution < 1.29 is 27.2 Å². The van der Waals surface area contributed by atoms with Gasteiger partial charge in [0, 0.05) is 39.0 Å². The molecule has 3 atom stereocenters. The van der Waals surface area contributed by atoms with E-state index >= 15 is 0 Å². The van der Waals surface area contributed by atoms with E-state index in [1.165, 1.54) is 33.1 Å². The smallest absolute Gasteiger partial charge is 0.375 e. The highest BCUT2D eigenvalue weighted by atomic mass is 31.2. The summed E-state index contributed by atoms with van der Waals surface area (Å²) in [6, 6.07) is 3.86. The topological polar surface area (TPSA) is 71.1 Å². The molecule has 0 saturated heterocycles. The van der Waals surface area contributed by atoms with Crippen molar-refractivity contribution >= 4 is 15.2 Å². The first-order chi connectivity index (χ1) is 14.1. The Morgan fingerprint density at radius 2 is 1.57 bits per heavy atom. The zero-order chi connectivity index (χ0) is 22.4. The van der Waals surface area contributed by atoms with Crippen molar-refractivity contribution in [3.63, 3.8) is 0 Å². The summed E-state index contributed by atoms with van der Waals surface area (Å²) in [7, 11) is -3.84. The Morgan fingerprint density at radius 1 is 1.00 bits per heavy atom. The van der Waals surface area contributed by atoms with Crippen LogP contribution < -0.4 is 9.05 Å².